The molecule has 1 amide bonds. The van der Waals surface area contributed by atoms with E-state index in [0.717, 1.165) is 35.0 Å². The lowest BCUT2D eigenvalue weighted by Crippen LogP contribution is -2.42. The fraction of sp³-hybridized carbons (Fsp3) is 0.444. The zero-order valence-electron chi connectivity index (χ0n) is 20.8. The number of nitrogens with zero attached hydrogens (tertiary/aromatic N) is 2. The maximum Gasteiger partial charge on any atom is 0.331 e. The van der Waals surface area contributed by atoms with Gasteiger partial charge in [0, 0.05) is 12.2 Å². The second-order valence-corrected chi connectivity index (χ2v) is 12.1. The monoisotopic (exact) mass is 511 g/mol. The summed E-state index contributed by atoms with van der Waals surface area (Å²) in [6.45, 7) is 3.57. The highest BCUT2D eigenvalue weighted by molar-refractivity contribution is 7.92. The molecule has 1 aliphatic rings. The molecule has 0 bridgehead atoms. The zero-order chi connectivity index (χ0) is 25.9. The minimum Gasteiger partial charge on any atom is -0.324 e. The summed E-state index contributed by atoms with van der Waals surface area (Å²) in [5, 5.41) is 2.83. The minimum atomic E-state index is -3.28. The van der Waals surface area contributed by atoms with E-state index in [2.05, 4.69) is 5.32 Å². The summed E-state index contributed by atoms with van der Waals surface area (Å²) >= 11 is 0. The maximum absolute atomic E-state index is 13.4. The highest BCUT2D eigenvalue weighted by atomic mass is 32.2. The Morgan fingerprint density at radius 1 is 1.00 bits per heavy atom. The normalized spacial score (nSPS) is 14.7. The third-order valence-corrected chi connectivity index (χ3v) is 9.31. The molecule has 1 saturated carbocycles. The molecule has 9 heteroatoms. The van der Waals surface area contributed by atoms with Crippen molar-refractivity contribution in [2.45, 2.75) is 70.7 Å². The van der Waals surface area contributed by atoms with E-state index in [0.29, 0.717) is 29.4 Å². The van der Waals surface area contributed by atoms with Gasteiger partial charge in [0.05, 0.1) is 21.9 Å². The summed E-state index contributed by atoms with van der Waals surface area (Å²) in [6, 6.07) is 12.3. The van der Waals surface area contributed by atoms with E-state index in [4.69, 9.17) is 0 Å². The van der Waals surface area contributed by atoms with Crippen molar-refractivity contribution in [3.63, 3.8) is 0 Å². The van der Waals surface area contributed by atoms with Gasteiger partial charge in [0.1, 0.15) is 6.54 Å². The van der Waals surface area contributed by atoms with Crippen LogP contribution in [0, 0.1) is 13.8 Å². The molecule has 0 saturated heterocycles. The van der Waals surface area contributed by atoms with Crippen molar-refractivity contribution in [1.82, 2.24) is 9.13 Å². The molecule has 192 valence electrons. The zero-order valence-corrected chi connectivity index (χ0v) is 21.6. The molecule has 3 aromatic rings. The average Bonchev–Trinajstić information content (AvgIpc) is 2.86. The van der Waals surface area contributed by atoms with Gasteiger partial charge < -0.3 is 5.32 Å². The number of aryl methyl sites for hydroxylation is 2. The lowest BCUT2D eigenvalue weighted by molar-refractivity contribution is -0.116. The Bertz CT molecular complexity index is 1500. The predicted octanol–water partition coefficient (Wildman–Crippen LogP) is 3.56. The smallest absolute Gasteiger partial charge is 0.324 e. The van der Waals surface area contributed by atoms with Crippen LogP contribution in [0.3, 0.4) is 0 Å². The van der Waals surface area contributed by atoms with Gasteiger partial charge >= 0.3 is 5.69 Å². The number of hydrogen-bond acceptors (Lipinski definition) is 5. The molecular formula is C27H33N3O5S. The third kappa shape index (κ3) is 5.61. The fourth-order valence-corrected chi connectivity index (χ4v) is 6.94. The first-order valence-corrected chi connectivity index (χ1v) is 14.2. The van der Waals surface area contributed by atoms with Gasteiger partial charge in [-0.2, -0.15) is 0 Å². The van der Waals surface area contributed by atoms with Crippen LogP contribution in [0.2, 0.25) is 0 Å². The predicted molar refractivity (Wildman–Crippen MR) is 142 cm³/mol. The molecule has 4 rings (SSSR count). The molecule has 0 atom stereocenters. The Morgan fingerprint density at radius 3 is 2.44 bits per heavy atom. The van der Waals surface area contributed by atoms with Crippen molar-refractivity contribution < 1.29 is 13.2 Å². The van der Waals surface area contributed by atoms with Crippen LogP contribution in [-0.4, -0.2) is 34.5 Å². The number of carbonyl (C=O) groups excluding carboxylic acids is 1. The topological polar surface area (TPSA) is 107 Å². The standard InChI is InChI=1S/C27H33N3O5S/c1-19-13-14-23(20(2)17-19)28-25(31)18-30-24-12-7-6-11-22(24)26(32)29(27(30)33)15-8-16-36(34,35)21-9-4-3-5-10-21/h6-7,11-14,17,21H,3-5,8-10,15-16,18H2,1-2H3,(H,28,31). The number of benzene rings is 2. The summed E-state index contributed by atoms with van der Waals surface area (Å²) in [5.74, 6) is -0.455. The number of nitrogens with one attached hydrogen (secondary N) is 1. The molecule has 0 spiro atoms. The summed E-state index contributed by atoms with van der Waals surface area (Å²) in [7, 11) is -3.28. The van der Waals surface area contributed by atoms with Crippen LogP contribution >= 0.6 is 0 Å². The largest absolute Gasteiger partial charge is 0.331 e. The Balaban J connectivity index is 1.58. The maximum atomic E-state index is 13.4. The van der Waals surface area contributed by atoms with Gasteiger partial charge in [0.15, 0.2) is 9.84 Å². The second-order valence-electron chi connectivity index (χ2n) is 9.69. The van der Waals surface area contributed by atoms with Crippen LogP contribution in [0.5, 0.6) is 0 Å². The average molecular weight is 512 g/mol. The molecule has 1 fully saturated rings. The Kier molecular flexibility index (Phi) is 7.78. The molecule has 1 aliphatic carbocycles. The number of fused-ring (bicyclic) bond motifs is 1. The van der Waals surface area contributed by atoms with Crippen LogP contribution in [0.15, 0.2) is 52.1 Å². The van der Waals surface area contributed by atoms with Gasteiger partial charge in [0.2, 0.25) is 5.91 Å². The van der Waals surface area contributed by atoms with Crippen LogP contribution in [0.25, 0.3) is 10.9 Å². The molecule has 1 N–H and O–H groups in total. The molecule has 0 unspecified atom stereocenters. The number of sulfone groups is 1. The molecule has 36 heavy (non-hydrogen) atoms. The molecular weight excluding hydrogens is 478 g/mol. The fourth-order valence-electron chi connectivity index (χ4n) is 5.02. The van der Waals surface area contributed by atoms with E-state index in [1.165, 1.54) is 4.57 Å². The van der Waals surface area contributed by atoms with Crippen molar-refractivity contribution in [2.24, 2.45) is 0 Å². The third-order valence-electron chi connectivity index (χ3n) is 6.96. The molecule has 1 heterocycles. The van der Waals surface area contributed by atoms with Gasteiger partial charge in [-0.3, -0.25) is 18.7 Å². The SMILES string of the molecule is Cc1ccc(NC(=O)Cn2c(=O)n(CCCS(=O)(=O)C3CCCCC3)c(=O)c3ccccc32)c(C)c1. The van der Waals surface area contributed by atoms with Crippen molar-refractivity contribution in [3.05, 3.63) is 74.4 Å². The number of carbonyl (C=O) groups is 1. The summed E-state index contributed by atoms with van der Waals surface area (Å²) in [4.78, 5) is 39.4. The molecule has 8 nitrogen and oxygen atoms in total. The van der Waals surface area contributed by atoms with Crippen LogP contribution in [0.4, 0.5) is 5.69 Å². The summed E-state index contributed by atoms with van der Waals surface area (Å²) in [5.41, 5.74) is 1.91. The lowest BCUT2D eigenvalue weighted by Gasteiger charge is -2.21. The highest BCUT2D eigenvalue weighted by Gasteiger charge is 2.27. The number of aromatic nitrogens is 2. The number of para-hydroxylation sites is 1. The molecule has 1 aromatic heterocycles. The van der Waals surface area contributed by atoms with Crippen LogP contribution in [0.1, 0.15) is 49.7 Å². The number of hydrogen-bond donors (Lipinski definition) is 1. The van der Waals surface area contributed by atoms with E-state index in [-0.39, 0.29) is 36.4 Å². The molecule has 0 radical (unpaired) electrons. The Labute approximate surface area is 210 Å². The van der Waals surface area contributed by atoms with E-state index in [1.54, 1.807) is 24.3 Å². The number of anilines is 1. The Morgan fingerprint density at radius 2 is 1.72 bits per heavy atom. The van der Waals surface area contributed by atoms with Crippen molar-refractivity contribution in [1.29, 1.82) is 0 Å². The summed E-state index contributed by atoms with van der Waals surface area (Å²) in [6.07, 6.45) is 4.43. The second kappa shape index (κ2) is 10.8. The van der Waals surface area contributed by atoms with Crippen molar-refractivity contribution in [2.75, 3.05) is 11.1 Å². The van der Waals surface area contributed by atoms with E-state index in [9.17, 15) is 22.8 Å². The number of rotatable bonds is 8. The van der Waals surface area contributed by atoms with Gasteiger partial charge in [-0.15, -0.1) is 0 Å². The van der Waals surface area contributed by atoms with Crippen LogP contribution < -0.4 is 16.6 Å². The quantitative estimate of drug-likeness (QED) is 0.498. The van der Waals surface area contributed by atoms with Gasteiger partial charge in [-0.05, 0) is 56.9 Å². The first-order valence-electron chi connectivity index (χ1n) is 12.5. The van der Waals surface area contributed by atoms with Gasteiger partial charge in [0.25, 0.3) is 5.56 Å². The molecule has 0 aliphatic heterocycles. The van der Waals surface area contributed by atoms with E-state index in [1.807, 2.05) is 32.0 Å². The van der Waals surface area contributed by atoms with Gasteiger partial charge in [-0.25, -0.2) is 13.2 Å². The van der Waals surface area contributed by atoms with E-state index >= 15 is 0 Å². The molecule has 2 aromatic carbocycles. The summed E-state index contributed by atoms with van der Waals surface area (Å²) < 4.78 is 27.9. The minimum absolute atomic E-state index is 0.0207. The Hall–Kier alpha value is -3.20. The van der Waals surface area contributed by atoms with E-state index < -0.39 is 21.1 Å². The first-order chi connectivity index (χ1) is 17.2. The highest BCUT2D eigenvalue weighted by Crippen LogP contribution is 2.24. The van der Waals surface area contributed by atoms with Crippen molar-refractivity contribution >= 4 is 32.3 Å². The van der Waals surface area contributed by atoms with Gasteiger partial charge in [-0.1, -0.05) is 49.1 Å². The number of amides is 1. The van der Waals surface area contributed by atoms with Crippen molar-refractivity contribution in [3.8, 4) is 0 Å². The van der Waals surface area contributed by atoms with Crippen LogP contribution in [-0.2, 0) is 27.7 Å². The lowest BCUT2D eigenvalue weighted by atomic mass is 10.0. The first kappa shape index (κ1) is 25.9.